The average Bonchev–Trinajstić information content (AvgIpc) is 2.84. The lowest BCUT2D eigenvalue weighted by molar-refractivity contribution is -0.274. The van der Waals surface area contributed by atoms with Gasteiger partial charge in [0, 0.05) is 23.7 Å². The van der Waals surface area contributed by atoms with Crippen LogP contribution < -0.4 is 25.6 Å². The molecule has 0 fully saturated rings. The van der Waals surface area contributed by atoms with Crippen LogP contribution in [0.15, 0.2) is 78.9 Å². The van der Waals surface area contributed by atoms with Crippen LogP contribution in [0.5, 0.6) is 17.4 Å². The van der Waals surface area contributed by atoms with Gasteiger partial charge in [0.2, 0.25) is 5.88 Å². The van der Waals surface area contributed by atoms with E-state index in [-0.39, 0.29) is 5.75 Å². The van der Waals surface area contributed by atoms with E-state index in [1.165, 1.54) is 29.8 Å². The highest BCUT2D eigenvalue weighted by Crippen LogP contribution is 2.28. The van der Waals surface area contributed by atoms with Gasteiger partial charge in [-0.3, -0.25) is 5.43 Å². The molecule has 0 aliphatic carbocycles. The summed E-state index contributed by atoms with van der Waals surface area (Å²) in [5.41, 5.74) is 10.0. The number of nitrogens with zero attached hydrogens (tertiary/aromatic N) is 1. The highest BCUT2D eigenvalue weighted by atomic mass is 32.1. The van der Waals surface area contributed by atoms with Crippen LogP contribution in [-0.4, -0.2) is 16.5 Å². The number of aromatic nitrogens is 1. The number of hydrogen-bond acceptors (Lipinski definition) is 5. The molecule has 6 nitrogen and oxygen atoms in total. The molecule has 1 aromatic heterocycles. The number of hydrazine groups is 1. The Hall–Kier alpha value is -3.89. The first-order valence-electron chi connectivity index (χ1n) is 11.5. The Kier molecular flexibility index (Phi) is 8.10. The Morgan fingerprint density at radius 1 is 0.946 bits per heavy atom. The van der Waals surface area contributed by atoms with E-state index in [9.17, 15) is 13.2 Å². The second-order valence-corrected chi connectivity index (χ2v) is 8.88. The van der Waals surface area contributed by atoms with Gasteiger partial charge >= 0.3 is 6.36 Å². The Morgan fingerprint density at radius 3 is 2.41 bits per heavy atom. The number of hydrogen-bond donors (Lipinski definition) is 3. The van der Waals surface area contributed by atoms with Gasteiger partial charge in [0.25, 0.3) is 0 Å². The number of rotatable bonds is 8. The van der Waals surface area contributed by atoms with Crippen LogP contribution in [0.2, 0.25) is 0 Å². The van der Waals surface area contributed by atoms with Gasteiger partial charge in [-0.25, -0.2) is 10.4 Å². The van der Waals surface area contributed by atoms with Gasteiger partial charge < -0.3 is 14.8 Å². The van der Waals surface area contributed by atoms with Crippen LogP contribution in [0, 0.1) is 0 Å². The third kappa shape index (κ3) is 7.55. The van der Waals surface area contributed by atoms with Gasteiger partial charge in [-0.2, -0.15) is 0 Å². The van der Waals surface area contributed by atoms with E-state index in [1.807, 2.05) is 42.5 Å². The number of para-hydroxylation sites is 1. The minimum atomic E-state index is -4.74. The van der Waals surface area contributed by atoms with Crippen molar-refractivity contribution in [3.63, 3.8) is 0 Å². The number of ether oxygens (including phenoxy) is 2. The molecule has 0 atom stereocenters. The largest absolute Gasteiger partial charge is 0.573 e. The first-order chi connectivity index (χ1) is 17.7. The second kappa shape index (κ2) is 11.4. The summed E-state index contributed by atoms with van der Waals surface area (Å²) in [6, 6.07) is 22.5. The topological polar surface area (TPSA) is 67.4 Å². The second-order valence-electron chi connectivity index (χ2n) is 8.47. The molecular weight excluding hydrogens is 501 g/mol. The highest BCUT2D eigenvalue weighted by Gasteiger charge is 2.31. The minimum absolute atomic E-state index is 0.320. The molecule has 0 amide bonds. The molecule has 0 saturated carbocycles. The number of alkyl halides is 3. The van der Waals surface area contributed by atoms with Crippen LogP contribution in [0.3, 0.4) is 0 Å². The SMILES string of the molecule is CC(C)c1ccccc1NC(=S)NNCc1ccc2nc(Oc3ccc(OC(F)(F)F)cc3)ccc2c1. The van der Waals surface area contributed by atoms with Crippen molar-refractivity contribution >= 4 is 33.9 Å². The molecule has 192 valence electrons. The van der Waals surface area contributed by atoms with Crippen LogP contribution in [0.1, 0.15) is 30.9 Å². The zero-order valence-electron chi connectivity index (χ0n) is 20.1. The molecule has 4 aromatic rings. The molecule has 37 heavy (non-hydrogen) atoms. The summed E-state index contributed by atoms with van der Waals surface area (Å²) in [5.74, 6) is 0.713. The number of pyridine rings is 1. The highest BCUT2D eigenvalue weighted by molar-refractivity contribution is 7.80. The lowest BCUT2D eigenvalue weighted by atomic mass is 10.0. The van der Waals surface area contributed by atoms with E-state index >= 15 is 0 Å². The van der Waals surface area contributed by atoms with Crippen molar-refractivity contribution in [1.82, 2.24) is 15.8 Å². The number of thiocarbonyl (C=S) groups is 1. The molecule has 0 unspecified atom stereocenters. The Bertz CT molecular complexity index is 1380. The maximum Gasteiger partial charge on any atom is 0.573 e. The van der Waals surface area contributed by atoms with E-state index < -0.39 is 6.36 Å². The van der Waals surface area contributed by atoms with Crippen molar-refractivity contribution in [2.45, 2.75) is 32.7 Å². The number of fused-ring (bicyclic) bond motifs is 1. The van der Waals surface area contributed by atoms with E-state index in [0.717, 1.165) is 16.6 Å². The standard InChI is InChI=1S/C27H25F3N4O2S/c1-17(2)22-5-3-4-6-24(22)33-26(37)34-31-16-18-7-13-23-19(15-18)8-14-25(32-23)35-20-9-11-21(12-10-20)36-27(28,29)30/h3-15,17,31H,16H2,1-2H3,(H2,33,34,37). The van der Waals surface area contributed by atoms with Gasteiger partial charge in [-0.05, 0) is 77.8 Å². The first kappa shape index (κ1) is 26.2. The van der Waals surface area contributed by atoms with Gasteiger partial charge in [-0.1, -0.05) is 38.1 Å². The number of anilines is 1. The Morgan fingerprint density at radius 2 is 1.68 bits per heavy atom. The van der Waals surface area contributed by atoms with E-state index in [2.05, 4.69) is 45.8 Å². The Balaban J connectivity index is 1.32. The van der Waals surface area contributed by atoms with E-state index in [0.29, 0.717) is 34.7 Å². The first-order valence-corrected chi connectivity index (χ1v) is 11.9. The Labute approximate surface area is 217 Å². The molecule has 0 spiro atoms. The fraction of sp³-hybridized carbons (Fsp3) is 0.185. The summed E-state index contributed by atoms with van der Waals surface area (Å²) >= 11 is 5.41. The van der Waals surface area contributed by atoms with Crippen molar-refractivity contribution < 1.29 is 22.6 Å². The monoisotopic (exact) mass is 526 g/mol. The lowest BCUT2D eigenvalue weighted by Gasteiger charge is -2.16. The predicted octanol–water partition coefficient (Wildman–Crippen LogP) is 7.04. The molecule has 0 saturated heterocycles. The van der Waals surface area contributed by atoms with Gasteiger partial charge in [0.05, 0.1) is 5.52 Å². The molecule has 4 rings (SSSR count). The molecule has 10 heteroatoms. The van der Waals surface area contributed by atoms with Crippen LogP contribution >= 0.6 is 12.2 Å². The summed E-state index contributed by atoms with van der Waals surface area (Å²) in [4.78, 5) is 4.47. The predicted molar refractivity (Wildman–Crippen MR) is 142 cm³/mol. The van der Waals surface area contributed by atoms with Crippen molar-refractivity contribution in [2.24, 2.45) is 0 Å². The normalized spacial score (nSPS) is 11.4. The molecular formula is C27H25F3N4O2S. The third-order valence-electron chi connectivity index (χ3n) is 5.33. The molecule has 3 aromatic carbocycles. The van der Waals surface area contributed by atoms with Crippen molar-refractivity contribution in [1.29, 1.82) is 0 Å². The average molecular weight is 527 g/mol. The van der Waals surface area contributed by atoms with Gasteiger partial charge in [0.15, 0.2) is 5.11 Å². The smallest absolute Gasteiger partial charge is 0.439 e. The fourth-order valence-corrected chi connectivity index (χ4v) is 3.83. The summed E-state index contributed by atoms with van der Waals surface area (Å²) in [5, 5.41) is 4.60. The molecule has 3 N–H and O–H groups in total. The number of halogens is 3. The molecule has 1 heterocycles. The number of nitrogens with one attached hydrogen (secondary N) is 3. The van der Waals surface area contributed by atoms with Crippen LogP contribution in [-0.2, 0) is 6.54 Å². The molecule has 0 radical (unpaired) electrons. The van der Waals surface area contributed by atoms with E-state index in [4.69, 9.17) is 17.0 Å². The summed E-state index contributed by atoms with van der Waals surface area (Å²) < 4.78 is 46.5. The zero-order chi connectivity index (χ0) is 26.4. The quantitative estimate of drug-likeness (QED) is 0.168. The van der Waals surface area contributed by atoms with Gasteiger partial charge in [-0.15, -0.1) is 13.2 Å². The maximum absolute atomic E-state index is 12.3. The van der Waals surface area contributed by atoms with Crippen molar-refractivity contribution in [3.05, 3.63) is 90.0 Å². The van der Waals surface area contributed by atoms with E-state index in [1.54, 1.807) is 6.07 Å². The van der Waals surface area contributed by atoms with Crippen molar-refractivity contribution in [3.8, 4) is 17.4 Å². The minimum Gasteiger partial charge on any atom is -0.439 e. The molecule has 0 aliphatic rings. The zero-order valence-corrected chi connectivity index (χ0v) is 20.9. The molecule has 0 bridgehead atoms. The third-order valence-corrected chi connectivity index (χ3v) is 5.54. The number of benzene rings is 3. The van der Waals surface area contributed by atoms with Gasteiger partial charge in [0.1, 0.15) is 11.5 Å². The summed E-state index contributed by atoms with van der Waals surface area (Å²) in [6.45, 7) is 4.79. The van der Waals surface area contributed by atoms with Crippen LogP contribution in [0.4, 0.5) is 18.9 Å². The lowest BCUT2D eigenvalue weighted by Crippen LogP contribution is -2.39. The van der Waals surface area contributed by atoms with Crippen LogP contribution in [0.25, 0.3) is 10.9 Å². The maximum atomic E-state index is 12.3. The molecule has 0 aliphatic heterocycles. The summed E-state index contributed by atoms with van der Waals surface area (Å²) in [7, 11) is 0. The summed E-state index contributed by atoms with van der Waals surface area (Å²) in [6.07, 6.45) is -4.74. The van der Waals surface area contributed by atoms with Crippen molar-refractivity contribution in [2.75, 3.05) is 5.32 Å². The fourth-order valence-electron chi connectivity index (χ4n) is 3.65.